The largest absolute Gasteiger partial charge is 0.478 e. The number of carboxylic acid groups (broad SMARTS) is 1. The van der Waals surface area contributed by atoms with Gasteiger partial charge in [-0.1, -0.05) is 6.92 Å². The third kappa shape index (κ3) is 2.78. The summed E-state index contributed by atoms with van der Waals surface area (Å²) in [7, 11) is -3.83. The van der Waals surface area contributed by atoms with E-state index in [0.717, 1.165) is 12.8 Å². The molecule has 0 spiro atoms. The highest BCUT2D eigenvalue weighted by atomic mass is 32.2. The van der Waals surface area contributed by atoms with Gasteiger partial charge in [-0.05, 0) is 37.5 Å². The third-order valence-electron chi connectivity index (χ3n) is 3.22. The van der Waals surface area contributed by atoms with E-state index in [-0.39, 0.29) is 22.2 Å². The van der Waals surface area contributed by atoms with Crippen LogP contribution in [0.3, 0.4) is 0 Å². The summed E-state index contributed by atoms with van der Waals surface area (Å²) >= 11 is 0. The van der Waals surface area contributed by atoms with E-state index >= 15 is 0 Å². The van der Waals surface area contributed by atoms with Gasteiger partial charge in [-0.25, -0.2) is 13.2 Å². The molecular formula is C13H18N2O4S. The Morgan fingerprint density at radius 1 is 1.45 bits per heavy atom. The Morgan fingerprint density at radius 3 is 2.60 bits per heavy atom. The SMILES string of the molecule is CCCN(C1CC1)S(=O)(=O)c1cc(N)ccc1C(=O)O. The lowest BCUT2D eigenvalue weighted by atomic mass is 10.2. The Hall–Kier alpha value is -1.60. The van der Waals surface area contributed by atoms with Gasteiger partial charge in [-0.3, -0.25) is 0 Å². The van der Waals surface area contributed by atoms with Crippen LogP contribution in [0.2, 0.25) is 0 Å². The summed E-state index contributed by atoms with van der Waals surface area (Å²) in [5.74, 6) is -1.27. The molecule has 1 fully saturated rings. The van der Waals surface area contributed by atoms with Gasteiger partial charge in [0.25, 0.3) is 0 Å². The average molecular weight is 298 g/mol. The van der Waals surface area contributed by atoms with Gasteiger partial charge in [0.15, 0.2) is 0 Å². The Balaban J connectivity index is 2.52. The van der Waals surface area contributed by atoms with Crippen LogP contribution in [0, 0.1) is 0 Å². The van der Waals surface area contributed by atoms with Crippen molar-refractivity contribution in [2.75, 3.05) is 12.3 Å². The molecule has 0 saturated heterocycles. The zero-order valence-corrected chi connectivity index (χ0v) is 12.1. The number of hydrogen-bond acceptors (Lipinski definition) is 4. The first kappa shape index (κ1) is 14.8. The monoisotopic (exact) mass is 298 g/mol. The van der Waals surface area contributed by atoms with E-state index in [9.17, 15) is 13.2 Å². The van der Waals surface area contributed by atoms with Gasteiger partial charge in [-0.2, -0.15) is 4.31 Å². The van der Waals surface area contributed by atoms with Gasteiger partial charge in [0.1, 0.15) is 0 Å². The molecule has 1 aromatic carbocycles. The minimum Gasteiger partial charge on any atom is -0.478 e. The van der Waals surface area contributed by atoms with Crippen molar-refractivity contribution >= 4 is 21.7 Å². The van der Waals surface area contributed by atoms with Crippen LogP contribution >= 0.6 is 0 Å². The average Bonchev–Trinajstić information content (AvgIpc) is 3.19. The molecule has 20 heavy (non-hydrogen) atoms. The Morgan fingerprint density at radius 2 is 2.10 bits per heavy atom. The van der Waals surface area contributed by atoms with E-state index in [4.69, 9.17) is 10.8 Å². The van der Waals surface area contributed by atoms with Gasteiger partial charge < -0.3 is 10.8 Å². The van der Waals surface area contributed by atoms with Crippen molar-refractivity contribution in [2.24, 2.45) is 0 Å². The fourth-order valence-electron chi connectivity index (χ4n) is 2.14. The first-order chi connectivity index (χ1) is 9.37. The molecule has 6 nitrogen and oxygen atoms in total. The lowest BCUT2D eigenvalue weighted by molar-refractivity contribution is 0.0692. The van der Waals surface area contributed by atoms with E-state index in [2.05, 4.69) is 0 Å². The number of anilines is 1. The van der Waals surface area contributed by atoms with E-state index < -0.39 is 16.0 Å². The van der Waals surface area contributed by atoms with Crippen LogP contribution in [-0.4, -0.2) is 36.4 Å². The smallest absolute Gasteiger partial charge is 0.337 e. The molecule has 3 N–H and O–H groups in total. The standard InChI is InChI=1S/C13H18N2O4S/c1-2-7-15(10-4-5-10)20(18,19)12-8-9(14)3-6-11(12)13(16)17/h3,6,8,10H,2,4-5,7,14H2,1H3,(H,16,17). The summed E-state index contributed by atoms with van der Waals surface area (Å²) in [5.41, 5.74) is 5.62. The molecule has 0 heterocycles. The second-order valence-corrected chi connectivity index (χ2v) is 6.77. The van der Waals surface area contributed by atoms with Crippen LogP contribution in [0.4, 0.5) is 5.69 Å². The predicted octanol–water partition coefficient (Wildman–Crippen LogP) is 1.53. The molecule has 1 saturated carbocycles. The number of sulfonamides is 1. The maximum Gasteiger partial charge on any atom is 0.337 e. The highest BCUT2D eigenvalue weighted by molar-refractivity contribution is 7.89. The molecule has 2 rings (SSSR count). The number of benzene rings is 1. The number of rotatable bonds is 6. The van der Waals surface area contributed by atoms with E-state index in [1.807, 2.05) is 6.92 Å². The highest BCUT2D eigenvalue weighted by Crippen LogP contribution is 2.33. The summed E-state index contributed by atoms with van der Waals surface area (Å²) in [6, 6.07) is 3.85. The quantitative estimate of drug-likeness (QED) is 0.776. The van der Waals surface area contributed by atoms with Crippen molar-refractivity contribution in [3.05, 3.63) is 23.8 Å². The summed E-state index contributed by atoms with van der Waals surface area (Å²) in [6.07, 6.45) is 2.33. The molecule has 0 amide bonds. The van der Waals surface area contributed by atoms with Gasteiger partial charge >= 0.3 is 5.97 Å². The number of carboxylic acids is 1. The van der Waals surface area contributed by atoms with Crippen LogP contribution in [0.25, 0.3) is 0 Å². The number of carbonyl (C=O) groups is 1. The normalized spacial score (nSPS) is 15.5. The molecule has 0 radical (unpaired) electrons. The van der Waals surface area contributed by atoms with Crippen molar-refractivity contribution in [3.63, 3.8) is 0 Å². The van der Waals surface area contributed by atoms with Crippen molar-refractivity contribution in [3.8, 4) is 0 Å². The predicted molar refractivity (Wildman–Crippen MR) is 75.0 cm³/mol. The second-order valence-electron chi connectivity index (χ2n) is 4.91. The molecule has 0 atom stereocenters. The highest BCUT2D eigenvalue weighted by Gasteiger charge is 2.39. The zero-order valence-electron chi connectivity index (χ0n) is 11.2. The molecule has 1 aliphatic rings. The lowest BCUT2D eigenvalue weighted by Crippen LogP contribution is -2.34. The van der Waals surface area contributed by atoms with E-state index in [0.29, 0.717) is 13.0 Å². The van der Waals surface area contributed by atoms with Crippen LogP contribution in [-0.2, 0) is 10.0 Å². The van der Waals surface area contributed by atoms with Gasteiger partial charge in [0.05, 0.1) is 10.5 Å². The summed E-state index contributed by atoms with van der Waals surface area (Å²) in [6.45, 7) is 2.28. The fraction of sp³-hybridized carbons (Fsp3) is 0.462. The number of nitrogens with two attached hydrogens (primary N) is 1. The van der Waals surface area contributed by atoms with Crippen LogP contribution in [0.1, 0.15) is 36.5 Å². The molecule has 0 aromatic heterocycles. The first-order valence-corrected chi connectivity index (χ1v) is 7.96. The molecule has 0 bridgehead atoms. The van der Waals surface area contributed by atoms with Crippen molar-refractivity contribution in [1.29, 1.82) is 0 Å². The number of nitrogen functional groups attached to an aromatic ring is 1. The van der Waals surface area contributed by atoms with Crippen LogP contribution < -0.4 is 5.73 Å². The second kappa shape index (κ2) is 5.41. The Kier molecular flexibility index (Phi) is 4.01. The summed E-state index contributed by atoms with van der Waals surface area (Å²) < 4.78 is 26.8. The van der Waals surface area contributed by atoms with Gasteiger partial charge in [0, 0.05) is 18.3 Å². The minimum absolute atomic E-state index is 0.0111. The molecule has 1 aliphatic carbocycles. The molecule has 0 unspecified atom stereocenters. The molecule has 7 heteroatoms. The first-order valence-electron chi connectivity index (χ1n) is 6.52. The van der Waals surface area contributed by atoms with Gasteiger partial charge in [-0.15, -0.1) is 0 Å². The van der Waals surface area contributed by atoms with E-state index in [1.54, 1.807) is 0 Å². The third-order valence-corrected chi connectivity index (χ3v) is 5.21. The maximum atomic E-state index is 12.7. The minimum atomic E-state index is -3.83. The summed E-state index contributed by atoms with van der Waals surface area (Å²) in [4.78, 5) is 11.0. The molecule has 1 aromatic rings. The zero-order chi connectivity index (χ0) is 14.9. The molecular weight excluding hydrogens is 280 g/mol. The maximum absolute atomic E-state index is 12.7. The van der Waals surface area contributed by atoms with Crippen LogP contribution in [0.15, 0.2) is 23.1 Å². The van der Waals surface area contributed by atoms with Crippen molar-refractivity contribution in [2.45, 2.75) is 37.1 Å². The van der Waals surface area contributed by atoms with E-state index in [1.165, 1.54) is 22.5 Å². The van der Waals surface area contributed by atoms with Crippen molar-refractivity contribution < 1.29 is 18.3 Å². The van der Waals surface area contributed by atoms with Gasteiger partial charge in [0.2, 0.25) is 10.0 Å². The van der Waals surface area contributed by atoms with Crippen LogP contribution in [0.5, 0.6) is 0 Å². The molecule has 0 aliphatic heterocycles. The topological polar surface area (TPSA) is 101 Å². The number of hydrogen-bond donors (Lipinski definition) is 2. The number of nitrogens with zero attached hydrogens (tertiary/aromatic N) is 1. The molecule has 110 valence electrons. The summed E-state index contributed by atoms with van der Waals surface area (Å²) in [5, 5.41) is 9.16. The fourth-order valence-corrected chi connectivity index (χ4v) is 4.13. The number of aromatic carboxylic acids is 1. The Bertz CT molecular complexity index is 623. The lowest BCUT2D eigenvalue weighted by Gasteiger charge is -2.22. The van der Waals surface area contributed by atoms with Crippen molar-refractivity contribution in [1.82, 2.24) is 4.31 Å². The Labute approximate surface area is 118 Å².